The van der Waals surface area contributed by atoms with Gasteiger partial charge in [0.2, 0.25) is 0 Å². The molecule has 1 aromatic rings. The first-order valence-electron chi connectivity index (χ1n) is 6.83. The van der Waals surface area contributed by atoms with Crippen LogP contribution in [0.15, 0.2) is 18.2 Å². The van der Waals surface area contributed by atoms with Crippen molar-refractivity contribution in [2.24, 2.45) is 11.7 Å². The number of phenols is 1. The van der Waals surface area contributed by atoms with E-state index in [4.69, 9.17) is 5.73 Å². The van der Waals surface area contributed by atoms with Crippen molar-refractivity contribution >= 4 is 5.91 Å². The molecule has 0 spiro atoms. The average Bonchev–Trinajstić information content (AvgIpc) is 2.41. The van der Waals surface area contributed by atoms with Crippen molar-refractivity contribution in [1.29, 1.82) is 0 Å². The second-order valence-electron chi connectivity index (χ2n) is 5.49. The molecule has 0 aromatic heterocycles. The molecule has 4 heteroatoms. The van der Waals surface area contributed by atoms with Crippen LogP contribution in [0.25, 0.3) is 0 Å². The van der Waals surface area contributed by atoms with Gasteiger partial charge in [0, 0.05) is 24.7 Å². The number of amides is 1. The summed E-state index contributed by atoms with van der Waals surface area (Å²) in [6.07, 6.45) is 1.92. The smallest absolute Gasteiger partial charge is 0.253 e. The number of benzene rings is 1. The maximum absolute atomic E-state index is 12.3. The van der Waals surface area contributed by atoms with E-state index in [9.17, 15) is 9.90 Å². The molecule has 0 saturated carbocycles. The Morgan fingerprint density at radius 2 is 2.05 bits per heavy atom. The largest absolute Gasteiger partial charge is 0.508 e. The molecule has 1 amide bonds. The van der Waals surface area contributed by atoms with Gasteiger partial charge in [-0.15, -0.1) is 0 Å². The third-order valence-electron chi connectivity index (χ3n) is 4.03. The molecule has 1 atom stereocenters. The van der Waals surface area contributed by atoms with Crippen LogP contribution in [0.4, 0.5) is 0 Å². The predicted octanol–water partition coefficient (Wildman–Crippen LogP) is 1.90. The minimum Gasteiger partial charge on any atom is -0.508 e. The molecule has 1 aliphatic heterocycles. The molecule has 0 radical (unpaired) electrons. The number of piperidine rings is 1. The van der Waals surface area contributed by atoms with Crippen LogP contribution in [0.5, 0.6) is 5.75 Å². The van der Waals surface area contributed by atoms with Crippen molar-refractivity contribution < 1.29 is 9.90 Å². The Balaban J connectivity index is 2.03. The zero-order chi connectivity index (χ0) is 14.0. The molecule has 1 unspecified atom stereocenters. The van der Waals surface area contributed by atoms with Crippen molar-refractivity contribution in [1.82, 2.24) is 4.90 Å². The van der Waals surface area contributed by atoms with Crippen LogP contribution in [0.3, 0.4) is 0 Å². The Hall–Kier alpha value is -1.55. The molecular formula is C15H22N2O2. The second kappa shape index (κ2) is 5.61. The van der Waals surface area contributed by atoms with Crippen LogP contribution in [0.2, 0.25) is 0 Å². The first kappa shape index (κ1) is 13.9. The normalized spacial score (nSPS) is 18.4. The van der Waals surface area contributed by atoms with Crippen LogP contribution >= 0.6 is 0 Å². The summed E-state index contributed by atoms with van der Waals surface area (Å²) in [6.45, 7) is 5.34. The van der Waals surface area contributed by atoms with Gasteiger partial charge in [0.1, 0.15) is 5.75 Å². The summed E-state index contributed by atoms with van der Waals surface area (Å²) in [6, 6.07) is 5.29. The van der Waals surface area contributed by atoms with E-state index in [1.54, 1.807) is 18.2 Å². The summed E-state index contributed by atoms with van der Waals surface area (Å²) < 4.78 is 0. The fourth-order valence-corrected chi connectivity index (χ4v) is 2.55. The van der Waals surface area contributed by atoms with E-state index in [0.717, 1.165) is 31.5 Å². The first-order chi connectivity index (χ1) is 8.99. The summed E-state index contributed by atoms with van der Waals surface area (Å²) in [5.41, 5.74) is 7.24. The highest BCUT2D eigenvalue weighted by molar-refractivity contribution is 5.94. The van der Waals surface area contributed by atoms with E-state index in [-0.39, 0.29) is 17.7 Å². The molecule has 1 aromatic carbocycles. The topological polar surface area (TPSA) is 66.6 Å². The number of hydrogen-bond acceptors (Lipinski definition) is 3. The average molecular weight is 262 g/mol. The SMILES string of the molecule is Cc1ccc(C(=O)N2CCC(C(C)N)CC2)cc1O. The molecule has 104 valence electrons. The molecular weight excluding hydrogens is 240 g/mol. The second-order valence-corrected chi connectivity index (χ2v) is 5.49. The van der Waals surface area contributed by atoms with Gasteiger partial charge in [0.05, 0.1) is 0 Å². The number of aryl methyl sites for hydroxylation is 1. The zero-order valence-electron chi connectivity index (χ0n) is 11.6. The van der Waals surface area contributed by atoms with Crippen LogP contribution in [0.1, 0.15) is 35.7 Å². The number of rotatable bonds is 2. The number of hydrogen-bond donors (Lipinski definition) is 2. The molecule has 0 bridgehead atoms. The van der Waals surface area contributed by atoms with E-state index in [1.807, 2.05) is 18.7 Å². The lowest BCUT2D eigenvalue weighted by Crippen LogP contribution is -2.42. The van der Waals surface area contributed by atoms with Gasteiger partial charge in [-0.05, 0) is 50.3 Å². The van der Waals surface area contributed by atoms with Crippen molar-refractivity contribution in [3.05, 3.63) is 29.3 Å². The molecule has 1 saturated heterocycles. The highest BCUT2D eigenvalue weighted by Gasteiger charge is 2.25. The maximum Gasteiger partial charge on any atom is 0.253 e. The molecule has 3 N–H and O–H groups in total. The third-order valence-corrected chi connectivity index (χ3v) is 4.03. The van der Waals surface area contributed by atoms with Gasteiger partial charge >= 0.3 is 0 Å². The van der Waals surface area contributed by atoms with Gasteiger partial charge < -0.3 is 15.7 Å². The number of nitrogens with two attached hydrogens (primary N) is 1. The summed E-state index contributed by atoms with van der Waals surface area (Å²) in [5.74, 6) is 0.685. The summed E-state index contributed by atoms with van der Waals surface area (Å²) in [5, 5.41) is 9.67. The highest BCUT2D eigenvalue weighted by Crippen LogP contribution is 2.23. The number of carbonyl (C=O) groups excluding carboxylic acids is 1. The predicted molar refractivity (Wildman–Crippen MR) is 75.1 cm³/mol. The molecule has 1 aliphatic rings. The van der Waals surface area contributed by atoms with E-state index in [1.165, 1.54) is 0 Å². The van der Waals surface area contributed by atoms with Gasteiger partial charge in [-0.3, -0.25) is 4.79 Å². The Morgan fingerprint density at radius 1 is 1.42 bits per heavy atom. The molecule has 1 fully saturated rings. The van der Waals surface area contributed by atoms with Gasteiger partial charge in [-0.1, -0.05) is 6.07 Å². The fourth-order valence-electron chi connectivity index (χ4n) is 2.55. The first-order valence-corrected chi connectivity index (χ1v) is 6.83. The minimum absolute atomic E-state index is 0.00146. The lowest BCUT2D eigenvalue weighted by Gasteiger charge is -2.33. The highest BCUT2D eigenvalue weighted by atomic mass is 16.3. The van der Waals surface area contributed by atoms with Crippen LogP contribution < -0.4 is 5.73 Å². The summed E-state index contributed by atoms with van der Waals surface area (Å²) in [7, 11) is 0. The van der Waals surface area contributed by atoms with Crippen LogP contribution in [-0.4, -0.2) is 35.0 Å². The zero-order valence-corrected chi connectivity index (χ0v) is 11.6. The summed E-state index contributed by atoms with van der Waals surface area (Å²) in [4.78, 5) is 14.2. The lowest BCUT2D eigenvalue weighted by molar-refractivity contribution is 0.0680. The van der Waals surface area contributed by atoms with Crippen LogP contribution in [-0.2, 0) is 0 Å². The molecule has 2 rings (SSSR count). The number of nitrogens with zero attached hydrogens (tertiary/aromatic N) is 1. The molecule has 19 heavy (non-hydrogen) atoms. The Labute approximate surface area is 114 Å². The Morgan fingerprint density at radius 3 is 2.58 bits per heavy atom. The molecule has 1 heterocycles. The monoisotopic (exact) mass is 262 g/mol. The number of phenolic OH excluding ortho intramolecular Hbond substituents is 1. The van der Waals surface area contributed by atoms with E-state index >= 15 is 0 Å². The van der Waals surface area contributed by atoms with Crippen molar-refractivity contribution in [2.45, 2.75) is 32.7 Å². The number of aromatic hydroxyl groups is 1. The van der Waals surface area contributed by atoms with E-state index < -0.39 is 0 Å². The van der Waals surface area contributed by atoms with Gasteiger partial charge in [-0.25, -0.2) is 0 Å². The van der Waals surface area contributed by atoms with E-state index in [0.29, 0.717) is 11.5 Å². The third kappa shape index (κ3) is 3.07. The summed E-state index contributed by atoms with van der Waals surface area (Å²) >= 11 is 0. The standard InChI is InChI=1S/C15H22N2O2/c1-10-3-4-13(9-14(10)18)15(19)17-7-5-12(6-8-17)11(2)16/h3-4,9,11-12,18H,5-8,16H2,1-2H3. The van der Waals surface area contributed by atoms with Gasteiger partial charge in [-0.2, -0.15) is 0 Å². The fraction of sp³-hybridized carbons (Fsp3) is 0.533. The van der Waals surface area contributed by atoms with Crippen LogP contribution in [0, 0.1) is 12.8 Å². The van der Waals surface area contributed by atoms with Crippen molar-refractivity contribution in [3.8, 4) is 5.75 Å². The van der Waals surface area contributed by atoms with E-state index in [2.05, 4.69) is 0 Å². The van der Waals surface area contributed by atoms with Crippen molar-refractivity contribution in [2.75, 3.05) is 13.1 Å². The Bertz CT molecular complexity index is 463. The maximum atomic E-state index is 12.3. The van der Waals surface area contributed by atoms with Gasteiger partial charge in [0.25, 0.3) is 5.91 Å². The lowest BCUT2D eigenvalue weighted by atomic mass is 9.90. The van der Waals surface area contributed by atoms with Crippen molar-refractivity contribution in [3.63, 3.8) is 0 Å². The molecule has 0 aliphatic carbocycles. The number of carbonyl (C=O) groups is 1. The minimum atomic E-state index is -0.00146. The number of likely N-dealkylation sites (tertiary alicyclic amines) is 1. The van der Waals surface area contributed by atoms with Gasteiger partial charge in [0.15, 0.2) is 0 Å². The molecule has 4 nitrogen and oxygen atoms in total. The quantitative estimate of drug-likeness (QED) is 0.855. The Kier molecular flexibility index (Phi) is 4.10.